The Morgan fingerprint density at radius 3 is 3.05 bits per heavy atom. The van der Waals surface area contributed by atoms with Gasteiger partial charge in [0.05, 0.1) is 12.5 Å². The molecule has 98 valence electrons. The van der Waals surface area contributed by atoms with Crippen LogP contribution in [0.4, 0.5) is 0 Å². The van der Waals surface area contributed by atoms with Crippen LogP contribution in [0.15, 0.2) is 29.1 Å². The number of carbonyl (C=O) groups excluding carboxylic acids is 1. The molecular formula is C13H14N4O2. The van der Waals surface area contributed by atoms with E-state index in [1.807, 2.05) is 18.2 Å². The molecule has 0 saturated carbocycles. The number of H-pyrrole nitrogens is 2. The van der Waals surface area contributed by atoms with E-state index in [4.69, 9.17) is 0 Å². The highest BCUT2D eigenvalue weighted by molar-refractivity contribution is 5.78. The molecule has 1 atom stereocenters. The number of nitrogens with zero attached hydrogens (tertiary/aromatic N) is 1. The van der Waals surface area contributed by atoms with Crippen molar-refractivity contribution in [1.29, 1.82) is 0 Å². The summed E-state index contributed by atoms with van der Waals surface area (Å²) in [4.78, 5) is 25.2. The van der Waals surface area contributed by atoms with E-state index in [1.54, 1.807) is 0 Å². The lowest BCUT2D eigenvalue weighted by atomic mass is 10.1. The zero-order chi connectivity index (χ0) is 13.2. The summed E-state index contributed by atoms with van der Waals surface area (Å²) in [5.41, 5.74) is 2.08. The number of benzene rings is 1. The summed E-state index contributed by atoms with van der Waals surface area (Å²) >= 11 is 0. The highest BCUT2D eigenvalue weighted by atomic mass is 16.2. The van der Waals surface area contributed by atoms with Gasteiger partial charge in [0.2, 0.25) is 5.91 Å². The van der Waals surface area contributed by atoms with Gasteiger partial charge >= 0.3 is 5.69 Å². The number of aromatic amines is 2. The Morgan fingerprint density at radius 2 is 2.26 bits per heavy atom. The molecule has 3 N–H and O–H groups in total. The second kappa shape index (κ2) is 4.72. The van der Waals surface area contributed by atoms with Crippen molar-refractivity contribution >= 4 is 5.91 Å². The zero-order valence-corrected chi connectivity index (χ0v) is 10.3. The number of rotatable bonds is 3. The molecule has 6 nitrogen and oxygen atoms in total. The van der Waals surface area contributed by atoms with E-state index in [0.29, 0.717) is 5.82 Å². The fraction of sp³-hybridized carbons (Fsp3) is 0.308. The molecule has 1 aliphatic rings. The molecule has 1 aromatic heterocycles. The van der Waals surface area contributed by atoms with Crippen molar-refractivity contribution in [2.75, 3.05) is 0 Å². The lowest BCUT2D eigenvalue weighted by Crippen LogP contribution is -2.29. The maximum Gasteiger partial charge on any atom is 0.340 e. The first-order valence-electron chi connectivity index (χ1n) is 6.23. The highest BCUT2D eigenvalue weighted by Crippen LogP contribution is 2.30. The molecule has 0 radical (unpaired) electrons. The molecule has 3 rings (SSSR count). The highest BCUT2D eigenvalue weighted by Gasteiger charge is 2.23. The SMILES string of the molecule is O=C(Cc1n[nH]c(=O)[nH]1)N[C@@H]1CCc2ccccc21. The second-order valence-corrected chi connectivity index (χ2v) is 4.66. The first-order chi connectivity index (χ1) is 9.22. The number of fused-ring (bicyclic) bond motifs is 1. The Bertz CT molecular complexity index is 658. The van der Waals surface area contributed by atoms with Crippen LogP contribution in [0.2, 0.25) is 0 Å². The maximum absolute atomic E-state index is 11.9. The largest absolute Gasteiger partial charge is 0.349 e. The molecule has 0 unspecified atom stereocenters. The van der Waals surface area contributed by atoms with E-state index in [0.717, 1.165) is 12.8 Å². The molecule has 6 heteroatoms. The van der Waals surface area contributed by atoms with Gasteiger partial charge in [-0.3, -0.25) is 9.78 Å². The monoisotopic (exact) mass is 258 g/mol. The van der Waals surface area contributed by atoms with Gasteiger partial charge in [-0.1, -0.05) is 24.3 Å². The minimum atomic E-state index is -0.394. The van der Waals surface area contributed by atoms with Gasteiger partial charge in [0, 0.05) is 0 Å². The predicted molar refractivity (Wildman–Crippen MR) is 68.6 cm³/mol. The minimum absolute atomic E-state index is 0.0642. The van der Waals surface area contributed by atoms with Crippen molar-refractivity contribution in [3.8, 4) is 0 Å². The van der Waals surface area contributed by atoms with Crippen molar-refractivity contribution in [1.82, 2.24) is 20.5 Å². The summed E-state index contributed by atoms with van der Waals surface area (Å²) in [6, 6.07) is 8.19. The standard InChI is InChI=1S/C13H14N4O2/c18-12(7-11-15-13(19)17-16-11)14-10-6-5-8-3-1-2-4-9(8)10/h1-4,10H,5-7H2,(H,14,18)(H2,15,16,17,19)/t10-/m1/s1. The summed E-state index contributed by atoms with van der Waals surface area (Å²) in [6.07, 6.45) is 1.99. The molecule has 0 saturated heterocycles. The smallest absolute Gasteiger partial charge is 0.340 e. The van der Waals surface area contributed by atoms with Crippen molar-refractivity contribution < 1.29 is 4.79 Å². The van der Waals surface area contributed by atoms with Crippen molar-refractivity contribution in [2.45, 2.75) is 25.3 Å². The third kappa shape index (κ3) is 2.42. The van der Waals surface area contributed by atoms with E-state index in [9.17, 15) is 9.59 Å². The molecule has 1 aromatic carbocycles. The Hall–Kier alpha value is -2.37. The van der Waals surface area contributed by atoms with Crippen LogP contribution in [0.3, 0.4) is 0 Å². The fourth-order valence-electron chi connectivity index (χ4n) is 2.49. The average molecular weight is 258 g/mol. The number of hydrogen-bond acceptors (Lipinski definition) is 3. The first-order valence-corrected chi connectivity index (χ1v) is 6.23. The van der Waals surface area contributed by atoms with Gasteiger partial charge < -0.3 is 5.32 Å². The van der Waals surface area contributed by atoms with Crippen LogP contribution in [0, 0.1) is 0 Å². The third-order valence-corrected chi connectivity index (χ3v) is 3.35. The topological polar surface area (TPSA) is 90.6 Å². The molecule has 2 aromatic rings. The molecule has 0 aliphatic heterocycles. The van der Waals surface area contributed by atoms with Crippen LogP contribution in [-0.2, 0) is 17.6 Å². The van der Waals surface area contributed by atoms with E-state index < -0.39 is 5.69 Å². The van der Waals surface area contributed by atoms with Crippen molar-refractivity contribution in [3.05, 3.63) is 51.7 Å². The Labute approximate surface area is 109 Å². The van der Waals surface area contributed by atoms with Crippen LogP contribution < -0.4 is 11.0 Å². The zero-order valence-electron chi connectivity index (χ0n) is 10.3. The normalized spacial score (nSPS) is 17.2. The molecule has 1 aliphatic carbocycles. The molecule has 19 heavy (non-hydrogen) atoms. The first kappa shape index (κ1) is 11.7. The van der Waals surface area contributed by atoms with Gasteiger partial charge in [0.15, 0.2) is 0 Å². The number of amides is 1. The van der Waals surface area contributed by atoms with Gasteiger partial charge in [-0.2, -0.15) is 5.10 Å². The van der Waals surface area contributed by atoms with Gasteiger partial charge in [-0.15, -0.1) is 0 Å². The molecule has 0 fully saturated rings. The Kier molecular flexibility index (Phi) is 2.91. The van der Waals surface area contributed by atoms with Crippen LogP contribution in [-0.4, -0.2) is 21.1 Å². The summed E-state index contributed by atoms with van der Waals surface area (Å²) < 4.78 is 0. The van der Waals surface area contributed by atoms with Crippen LogP contribution >= 0.6 is 0 Å². The fourth-order valence-corrected chi connectivity index (χ4v) is 2.49. The Morgan fingerprint density at radius 1 is 1.42 bits per heavy atom. The van der Waals surface area contributed by atoms with Gasteiger partial charge in [-0.25, -0.2) is 9.89 Å². The van der Waals surface area contributed by atoms with Gasteiger partial charge in [-0.05, 0) is 24.0 Å². The quantitative estimate of drug-likeness (QED) is 0.746. The molecule has 1 heterocycles. The number of aromatic nitrogens is 3. The minimum Gasteiger partial charge on any atom is -0.349 e. The summed E-state index contributed by atoms with van der Waals surface area (Å²) in [6.45, 7) is 0. The average Bonchev–Trinajstić information content (AvgIpc) is 2.97. The number of aryl methyl sites for hydroxylation is 1. The number of carbonyl (C=O) groups is 1. The summed E-state index contributed by atoms with van der Waals surface area (Å²) in [7, 11) is 0. The Balaban J connectivity index is 1.66. The second-order valence-electron chi connectivity index (χ2n) is 4.66. The van der Waals surface area contributed by atoms with Crippen molar-refractivity contribution in [2.24, 2.45) is 0 Å². The molecule has 0 bridgehead atoms. The number of hydrogen-bond donors (Lipinski definition) is 3. The van der Waals surface area contributed by atoms with Crippen LogP contribution in [0.25, 0.3) is 0 Å². The van der Waals surface area contributed by atoms with E-state index in [2.05, 4.69) is 26.6 Å². The van der Waals surface area contributed by atoms with Crippen LogP contribution in [0.5, 0.6) is 0 Å². The molecular weight excluding hydrogens is 244 g/mol. The van der Waals surface area contributed by atoms with Crippen LogP contribution in [0.1, 0.15) is 29.4 Å². The third-order valence-electron chi connectivity index (χ3n) is 3.35. The lowest BCUT2D eigenvalue weighted by Gasteiger charge is -2.13. The molecule has 1 amide bonds. The van der Waals surface area contributed by atoms with E-state index >= 15 is 0 Å². The van der Waals surface area contributed by atoms with Gasteiger partial charge in [0.1, 0.15) is 5.82 Å². The van der Waals surface area contributed by atoms with E-state index in [1.165, 1.54) is 11.1 Å². The summed E-state index contributed by atoms with van der Waals surface area (Å²) in [5, 5.41) is 8.94. The summed E-state index contributed by atoms with van der Waals surface area (Å²) in [5.74, 6) is 0.221. The van der Waals surface area contributed by atoms with Gasteiger partial charge in [0.25, 0.3) is 0 Å². The molecule has 0 spiro atoms. The van der Waals surface area contributed by atoms with E-state index in [-0.39, 0.29) is 18.4 Å². The predicted octanol–water partition coefficient (Wildman–Crippen LogP) is 0.444. The number of nitrogens with one attached hydrogen (secondary N) is 3. The lowest BCUT2D eigenvalue weighted by molar-refractivity contribution is -0.121. The maximum atomic E-state index is 11.9. The van der Waals surface area contributed by atoms with Crippen molar-refractivity contribution in [3.63, 3.8) is 0 Å².